The van der Waals surface area contributed by atoms with Gasteiger partial charge in [-0.3, -0.25) is 0 Å². The number of hydrogen-bond donors (Lipinski definition) is 0. The maximum Gasteiger partial charge on any atom is 0.135 e. The van der Waals surface area contributed by atoms with Gasteiger partial charge in [0.1, 0.15) is 11.3 Å². The third-order valence-electron chi connectivity index (χ3n) is 4.54. The number of hydrogen-bond acceptors (Lipinski definition) is 1. The van der Waals surface area contributed by atoms with Crippen LogP contribution in [0, 0.1) is 13.8 Å². The molecule has 24 heavy (non-hydrogen) atoms. The van der Waals surface area contributed by atoms with Crippen molar-refractivity contribution in [1.29, 1.82) is 0 Å². The van der Waals surface area contributed by atoms with Crippen molar-refractivity contribution in [1.82, 2.24) is 0 Å². The normalized spacial score (nSPS) is 11.1. The van der Waals surface area contributed by atoms with Gasteiger partial charge in [0.25, 0.3) is 0 Å². The molecule has 0 bridgehead atoms. The molecule has 0 amide bonds. The molecule has 0 atom stereocenters. The molecule has 0 aliphatic carbocycles. The highest BCUT2D eigenvalue weighted by molar-refractivity contribution is 9.10. The van der Waals surface area contributed by atoms with Gasteiger partial charge in [-0.25, -0.2) is 0 Å². The van der Waals surface area contributed by atoms with E-state index in [9.17, 15) is 0 Å². The van der Waals surface area contributed by atoms with Crippen molar-refractivity contribution in [3.05, 3.63) is 82.3 Å². The van der Waals surface area contributed by atoms with Crippen molar-refractivity contribution >= 4 is 26.9 Å². The van der Waals surface area contributed by atoms with Gasteiger partial charge in [-0.15, -0.1) is 0 Å². The van der Waals surface area contributed by atoms with Gasteiger partial charge in [0, 0.05) is 15.4 Å². The largest absolute Gasteiger partial charge is 0.456 e. The molecule has 2 heteroatoms. The van der Waals surface area contributed by atoms with E-state index in [4.69, 9.17) is 4.42 Å². The van der Waals surface area contributed by atoms with Crippen molar-refractivity contribution in [2.24, 2.45) is 0 Å². The summed E-state index contributed by atoms with van der Waals surface area (Å²) in [4.78, 5) is 0. The number of rotatable bonds is 2. The number of benzene rings is 3. The van der Waals surface area contributed by atoms with E-state index >= 15 is 0 Å². The van der Waals surface area contributed by atoms with Crippen LogP contribution in [0.5, 0.6) is 0 Å². The molecule has 0 radical (unpaired) electrons. The van der Waals surface area contributed by atoms with E-state index in [-0.39, 0.29) is 0 Å². The van der Waals surface area contributed by atoms with Crippen LogP contribution in [-0.4, -0.2) is 0 Å². The SMILES string of the molecule is Cc1cc2oc(-c3ccccc3)cc2c(-c2ccc(Br)cc2)c1C. The van der Waals surface area contributed by atoms with Crippen molar-refractivity contribution < 1.29 is 4.42 Å². The number of furan rings is 1. The highest BCUT2D eigenvalue weighted by Gasteiger charge is 2.15. The third-order valence-corrected chi connectivity index (χ3v) is 5.06. The minimum Gasteiger partial charge on any atom is -0.456 e. The minimum atomic E-state index is 0.911. The van der Waals surface area contributed by atoms with Crippen LogP contribution in [-0.2, 0) is 0 Å². The van der Waals surface area contributed by atoms with E-state index in [1.54, 1.807) is 0 Å². The molecule has 0 aliphatic heterocycles. The van der Waals surface area contributed by atoms with Gasteiger partial charge in [0.05, 0.1) is 0 Å². The molecule has 1 nitrogen and oxygen atoms in total. The fourth-order valence-electron chi connectivity index (χ4n) is 3.15. The second-order valence-electron chi connectivity index (χ2n) is 6.09. The molecule has 4 aromatic rings. The lowest BCUT2D eigenvalue weighted by Crippen LogP contribution is -1.88. The fourth-order valence-corrected chi connectivity index (χ4v) is 3.41. The van der Waals surface area contributed by atoms with Crippen LogP contribution in [0.15, 0.2) is 75.6 Å². The predicted molar refractivity (Wildman–Crippen MR) is 104 cm³/mol. The molecular formula is C22H17BrO. The van der Waals surface area contributed by atoms with E-state index in [1.165, 1.54) is 27.6 Å². The van der Waals surface area contributed by atoms with Crippen LogP contribution in [0.3, 0.4) is 0 Å². The van der Waals surface area contributed by atoms with Crippen molar-refractivity contribution in [3.8, 4) is 22.5 Å². The quantitative estimate of drug-likeness (QED) is 0.362. The smallest absolute Gasteiger partial charge is 0.135 e. The van der Waals surface area contributed by atoms with Gasteiger partial charge < -0.3 is 4.42 Å². The molecule has 0 N–H and O–H groups in total. The van der Waals surface area contributed by atoms with Crippen LogP contribution < -0.4 is 0 Å². The van der Waals surface area contributed by atoms with E-state index < -0.39 is 0 Å². The molecule has 0 fully saturated rings. The summed E-state index contributed by atoms with van der Waals surface area (Å²) in [5.41, 5.74) is 7.05. The summed E-state index contributed by atoms with van der Waals surface area (Å²) in [5.74, 6) is 0.911. The summed E-state index contributed by atoms with van der Waals surface area (Å²) in [7, 11) is 0. The Balaban J connectivity index is 1.99. The first-order valence-electron chi connectivity index (χ1n) is 7.98. The highest BCUT2D eigenvalue weighted by atomic mass is 79.9. The van der Waals surface area contributed by atoms with Crippen molar-refractivity contribution in [3.63, 3.8) is 0 Å². The summed E-state index contributed by atoms with van der Waals surface area (Å²) in [6, 6.07) is 23.0. The van der Waals surface area contributed by atoms with Crippen LogP contribution in [0.4, 0.5) is 0 Å². The van der Waals surface area contributed by atoms with E-state index in [0.717, 1.165) is 21.4 Å². The van der Waals surface area contributed by atoms with Crippen LogP contribution in [0.25, 0.3) is 33.4 Å². The Kier molecular flexibility index (Phi) is 3.78. The zero-order valence-electron chi connectivity index (χ0n) is 13.6. The molecule has 4 rings (SSSR count). The summed E-state index contributed by atoms with van der Waals surface area (Å²) >= 11 is 3.52. The number of fused-ring (bicyclic) bond motifs is 1. The molecule has 0 aliphatic rings. The Hall–Kier alpha value is -2.32. The van der Waals surface area contributed by atoms with Gasteiger partial charge in [-0.05, 0) is 60.4 Å². The number of halogens is 1. The first-order chi connectivity index (χ1) is 11.6. The maximum absolute atomic E-state index is 6.17. The molecule has 1 heterocycles. The second-order valence-corrected chi connectivity index (χ2v) is 7.00. The lowest BCUT2D eigenvalue weighted by molar-refractivity contribution is 0.631. The van der Waals surface area contributed by atoms with Crippen LogP contribution in [0.2, 0.25) is 0 Å². The Bertz CT molecular complexity index is 1010. The molecule has 0 unspecified atom stereocenters. The zero-order chi connectivity index (χ0) is 16.7. The molecular weight excluding hydrogens is 360 g/mol. The monoisotopic (exact) mass is 376 g/mol. The average Bonchev–Trinajstić information content (AvgIpc) is 3.01. The number of aryl methyl sites for hydroxylation is 1. The maximum atomic E-state index is 6.17. The van der Waals surface area contributed by atoms with Crippen LogP contribution >= 0.6 is 15.9 Å². The lowest BCUT2D eigenvalue weighted by atomic mass is 9.93. The zero-order valence-corrected chi connectivity index (χ0v) is 15.2. The van der Waals surface area contributed by atoms with E-state index in [1.807, 2.05) is 18.2 Å². The van der Waals surface area contributed by atoms with E-state index in [2.05, 4.69) is 78.3 Å². The molecule has 118 valence electrons. The molecule has 0 saturated heterocycles. The summed E-state index contributed by atoms with van der Waals surface area (Å²) in [6.45, 7) is 4.32. The molecule has 0 spiro atoms. The summed E-state index contributed by atoms with van der Waals surface area (Å²) < 4.78 is 7.25. The molecule has 3 aromatic carbocycles. The Labute approximate surface area is 150 Å². The van der Waals surface area contributed by atoms with Crippen molar-refractivity contribution in [2.45, 2.75) is 13.8 Å². The van der Waals surface area contributed by atoms with Gasteiger partial charge >= 0.3 is 0 Å². The standard InChI is InChI=1S/C22H17BrO/c1-14-12-21-19(13-20(24-21)16-6-4-3-5-7-16)22(15(14)2)17-8-10-18(23)11-9-17/h3-13H,1-2H3. The van der Waals surface area contributed by atoms with Gasteiger partial charge in [-0.2, -0.15) is 0 Å². The van der Waals surface area contributed by atoms with Gasteiger partial charge in [-0.1, -0.05) is 58.4 Å². The molecule has 0 saturated carbocycles. The molecule has 1 aromatic heterocycles. The Morgan fingerprint density at radius 3 is 2.21 bits per heavy atom. The average molecular weight is 377 g/mol. The lowest BCUT2D eigenvalue weighted by Gasteiger charge is -2.10. The topological polar surface area (TPSA) is 13.1 Å². The Morgan fingerprint density at radius 1 is 0.792 bits per heavy atom. The van der Waals surface area contributed by atoms with Gasteiger partial charge in [0.15, 0.2) is 0 Å². The Morgan fingerprint density at radius 2 is 1.50 bits per heavy atom. The van der Waals surface area contributed by atoms with Crippen molar-refractivity contribution in [2.75, 3.05) is 0 Å². The first kappa shape index (κ1) is 15.2. The predicted octanol–water partition coefficient (Wildman–Crippen LogP) is 7.15. The summed E-state index contributed by atoms with van der Waals surface area (Å²) in [5, 5.41) is 1.17. The second kappa shape index (κ2) is 5.95. The summed E-state index contributed by atoms with van der Waals surface area (Å²) in [6.07, 6.45) is 0. The minimum absolute atomic E-state index is 0.911. The van der Waals surface area contributed by atoms with E-state index in [0.29, 0.717) is 0 Å². The van der Waals surface area contributed by atoms with Crippen LogP contribution in [0.1, 0.15) is 11.1 Å². The first-order valence-corrected chi connectivity index (χ1v) is 8.78. The highest BCUT2D eigenvalue weighted by Crippen LogP contribution is 2.38. The fraction of sp³-hybridized carbons (Fsp3) is 0.0909. The third kappa shape index (κ3) is 2.57. The van der Waals surface area contributed by atoms with Gasteiger partial charge in [0.2, 0.25) is 0 Å².